The lowest BCUT2D eigenvalue weighted by Gasteiger charge is -2.32. The number of rotatable bonds is 8. The van der Waals surface area contributed by atoms with E-state index < -0.39 is 18.3 Å². The molecule has 0 radical (unpaired) electrons. The minimum Gasteiger partial charge on any atom is -0.399 e. The Balaban J connectivity index is 0.000000110. The van der Waals surface area contributed by atoms with Gasteiger partial charge < -0.3 is 19.4 Å². The Morgan fingerprint density at radius 3 is 1.23 bits per heavy atom. The summed E-state index contributed by atoms with van der Waals surface area (Å²) in [4.78, 5) is 42.5. The van der Waals surface area contributed by atoms with E-state index in [0.29, 0.717) is 11.1 Å². The maximum Gasteiger partial charge on any atom is 0.496 e. The van der Waals surface area contributed by atoms with Crippen molar-refractivity contribution in [2.75, 3.05) is 11.1 Å². The number of nitrogens with zero attached hydrogens (tertiary/aromatic N) is 7. The molecule has 15 aromatic carbocycles. The topological polar surface area (TPSA) is 143 Å². The molecule has 22 heteroatoms. The second-order valence-electron chi connectivity index (χ2n) is 33.5. The molecule has 1 saturated heterocycles. The smallest absolute Gasteiger partial charge is 0.399 e. The number of imidazole rings is 3. The zero-order valence-corrected chi connectivity index (χ0v) is 86.7. The first-order chi connectivity index (χ1) is 66.0. The first-order valence-corrected chi connectivity index (χ1v) is 51.3. The normalized spacial score (nSPS) is 12.6. The molecular weight excluding hydrogens is 2180 g/mol. The number of nitrogen functional groups attached to an aromatic ring is 1. The summed E-state index contributed by atoms with van der Waals surface area (Å²) in [6.45, 7) is 10.0. The van der Waals surface area contributed by atoms with Gasteiger partial charge in [0.15, 0.2) is 11.6 Å². The van der Waals surface area contributed by atoms with Gasteiger partial charge in [-0.15, -0.1) is 22.7 Å². The fourth-order valence-electron chi connectivity index (χ4n) is 17.4. The van der Waals surface area contributed by atoms with E-state index in [1.807, 2.05) is 113 Å². The summed E-state index contributed by atoms with van der Waals surface area (Å²) in [7, 11) is -0.425. The molecule has 1 aliphatic heterocycles. The highest BCUT2D eigenvalue weighted by molar-refractivity contribution is 9.11. The van der Waals surface area contributed by atoms with Crippen molar-refractivity contribution in [2.24, 2.45) is 0 Å². The molecular formula is C114H82BBr7N8O4S2. The SMILES string of the molecule is Brc1ccc2nc(-c3ccccc3Br)cn2c1.Brc1ccc2nc3c4ccccc4sc3n2c1.CC(=O)c1ccccc1Br.CC1(C)OB(c2c3ccccc3c(-c3cccc4ccccc34)c3ccccc23)OC1(C)C.Nc1ccc(Br)cn1.O=C(CBr)c1ccccc1Br.c1ccc2c(-c3c4ccccc4c(-c4ccc5nc6c7ccccc7sc6n5c4)c4ccccc34)cccc2c1. The van der Waals surface area contributed by atoms with Gasteiger partial charge in [0.05, 0.1) is 22.2 Å². The Labute approximate surface area is 852 Å². The lowest BCUT2D eigenvalue weighted by atomic mass is 9.71. The number of aromatic nitrogens is 7. The highest BCUT2D eigenvalue weighted by Gasteiger charge is 2.53. The average Bonchev–Trinajstić information content (AvgIpc) is 1.07. The Kier molecular flexibility index (Phi) is 27.6. The van der Waals surface area contributed by atoms with Crippen molar-refractivity contribution in [3.63, 3.8) is 0 Å². The van der Waals surface area contributed by atoms with Gasteiger partial charge >= 0.3 is 7.12 Å². The van der Waals surface area contributed by atoms with Gasteiger partial charge in [0, 0.05) is 94.7 Å². The number of anilines is 1. The molecule has 0 spiro atoms. The molecule has 24 aromatic rings. The molecule has 1 aliphatic rings. The monoisotopic (exact) mass is 2250 g/mol. The summed E-state index contributed by atoms with van der Waals surface area (Å²) in [5.41, 5.74) is 21.8. The van der Waals surface area contributed by atoms with Crippen LogP contribution in [0.5, 0.6) is 0 Å². The molecule has 0 saturated carbocycles. The van der Waals surface area contributed by atoms with E-state index in [1.54, 1.807) is 42.7 Å². The molecule has 12 nitrogen and oxygen atoms in total. The fraction of sp³-hybridized carbons (Fsp3) is 0.0702. The van der Waals surface area contributed by atoms with Gasteiger partial charge in [-0.3, -0.25) is 18.4 Å². The highest BCUT2D eigenvalue weighted by Crippen LogP contribution is 2.48. The number of pyridine rings is 4. The maximum absolute atomic E-state index is 11.2. The van der Waals surface area contributed by atoms with Gasteiger partial charge in [-0.2, -0.15) is 0 Å². The lowest BCUT2D eigenvalue weighted by molar-refractivity contribution is 0.00578. The van der Waals surface area contributed by atoms with Crippen LogP contribution in [0.1, 0.15) is 55.3 Å². The van der Waals surface area contributed by atoms with Crippen molar-refractivity contribution < 1.29 is 18.9 Å². The van der Waals surface area contributed by atoms with Crippen LogP contribution in [0.4, 0.5) is 5.82 Å². The van der Waals surface area contributed by atoms with E-state index in [4.69, 9.17) is 25.0 Å². The predicted octanol–water partition coefficient (Wildman–Crippen LogP) is 33.7. The third-order valence-corrected chi connectivity index (χ3v) is 30.8. The predicted molar refractivity (Wildman–Crippen MR) is 596 cm³/mol. The summed E-state index contributed by atoms with van der Waals surface area (Å²) in [5.74, 6) is 0.734. The lowest BCUT2D eigenvalue weighted by Crippen LogP contribution is -2.41. The molecule has 666 valence electrons. The van der Waals surface area contributed by atoms with E-state index in [9.17, 15) is 9.59 Å². The van der Waals surface area contributed by atoms with Crippen LogP contribution in [0.2, 0.25) is 0 Å². The van der Waals surface area contributed by atoms with Crippen LogP contribution in [0.3, 0.4) is 0 Å². The van der Waals surface area contributed by atoms with E-state index in [1.165, 1.54) is 128 Å². The summed E-state index contributed by atoms with van der Waals surface area (Å²) in [6, 6.07) is 122. The van der Waals surface area contributed by atoms with E-state index in [2.05, 4.69) is 419 Å². The van der Waals surface area contributed by atoms with Crippen LogP contribution in [-0.2, 0) is 9.31 Å². The third kappa shape index (κ3) is 19.0. The number of hydrogen-bond acceptors (Lipinski definition) is 11. The maximum atomic E-state index is 11.2. The first kappa shape index (κ1) is 93.0. The van der Waals surface area contributed by atoms with Crippen LogP contribution in [0.25, 0.3) is 167 Å². The zero-order valence-electron chi connectivity index (χ0n) is 74.0. The van der Waals surface area contributed by atoms with E-state index >= 15 is 0 Å². The van der Waals surface area contributed by atoms with Crippen molar-refractivity contribution in [1.29, 1.82) is 0 Å². The van der Waals surface area contributed by atoms with Gasteiger partial charge in [0.1, 0.15) is 43.5 Å². The number of Topliss-reactive ketones (excluding diaryl/α,β-unsaturated/α-hetero) is 2. The van der Waals surface area contributed by atoms with Crippen LogP contribution < -0.4 is 11.2 Å². The zero-order chi connectivity index (χ0) is 94.0. The number of nitrogens with two attached hydrogens (primary N) is 1. The molecule has 0 atom stereocenters. The molecule has 1 fully saturated rings. The molecule has 0 amide bonds. The molecule has 2 N–H and O–H groups in total. The number of halogens is 7. The van der Waals surface area contributed by atoms with Gasteiger partial charge in [-0.05, 0) is 265 Å². The van der Waals surface area contributed by atoms with Crippen molar-refractivity contribution in [2.45, 2.75) is 45.8 Å². The average molecular weight is 2260 g/mol. The minimum atomic E-state index is -0.425. The summed E-state index contributed by atoms with van der Waals surface area (Å²) in [6.07, 6.45) is 10.0. The number of hydrogen-bond donors (Lipinski definition) is 1. The van der Waals surface area contributed by atoms with Crippen molar-refractivity contribution >= 4 is 287 Å². The molecule has 0 aliphatic carbocycles. The summed E-state index contributed by atoms with van der Waals surface area (Å²) in [5, 5.41) is 17.7. The quantitative estimate of drug-likeness (QED) is 0.0680. The summed E-state index contributed by atoms with van der Waals surface area (Å²) >= 11 is 27.0. The second kappa shape index (κ2) is 40.4. The number of carbonyl (C=O) groups excluding carboxylic acids is 2. The number of fused-ring (bicyclic) bond motifs is 17. The number of carbonyl (C=O) groups is 2. The molecule has 136 heavy (non-hydrogen) atoms. The fourth-order valence-corrected chi connectivity index (χ4v) is 22.4. The van der Waals surface area contributed by atoms with Crippen molar-refractivity contribution in [1.82, 2.24) is 33.1 Å². The number of thiophene rings is 2. The number of ketones is 2. The Hall–Kier alpha value is -12.0. The molecule has 9 aromatic heterocycles. The Morgan fingerprint density at radius 1 is 0.368 bits per heavy atom. The second-order valence-corrected chi connectivity index (χ2v) is 41.4. The largest absolute Gasteiger partial charge is 0.496 e. The molecule has 0 unspecified atom stereocenters. The van der Waals surface area contributed by atoms with Crippen molar-refractivity contribution in [3.05, 3.63) is 421 Å². The van der Waals surface area contributed by atoms with Crippen LogP contribution in [0.15, 0.2) is 410 Å². The molecule has 0 bridgehead atoms. The van der Waals surface area contributed by atoms with Gasteiger partial charge in [0.2, 0.25) is 0 Å². The van der Waals surface area contributed by atoms with Gasteiger partial charge in [-0.25, -0.2) is 19.9 Å². The van der Waals surface area contributed by atoms with E-state index in [0.717, 1.165) is 82.7 Å². The summed E-state index contributed by atoms with van der Waals surface area (Å²) < 4.78 is 28.0. The van der Waals surface area contributed by atoms with Gasteiger partial charge in [0.25, 0.3) is 0 Å². The standard InChI is InChI=1S/C37H22N2S.C30H27BO2.C13H8Br2N2.C13H7BrN2S.C8H6Br2O.C8H7BrO.C5H5BrN2/c1-2-12-25-23(10-1)11-9-18-26(25)35-29-15-5-3-13-27(29)34(28-14-4-6-16-30(28)35)24-20-21-33-38-36-31-17-7-8-19-32(31)40-37(36)39(33)22-24;1-29(2)30(3,4)33-31(32-29)28-25-17-9-7-15-23(25)27(24-16-8-10-18-26(24)28)22-19-11-13-20-12-5-6-14-21(20)22;14-9-5-6-13-16-12(8-17(13)7-9)10-3-1-2-4-11(10)15;14-8-5-6-11-15-12-9-3-1-2-4-10(9)17-13(12)16(11)7-8;9-5-8(11)6-3-1-2-4-7(6)10;1-6(10)7-4-2-3-5-8(7)9;6-4-1-2-5(7)8-3-4/h1-22H;5-19H,1-4H3;1-8H;1-7H;1-4H,5H2;2-5H,1H3;1-3H,(H2,7,8). The number of alkyl halides is 1. The van der Waals surface area contributed by atoms with Crippen molar-refractivity contribution in [3.8, 4) is 44.6 Å². The molecule has 25 rings (SSSR count). The van der Waals surface area contributed by atoms with Crippen LogP contribution in [0, 0.1) is 0 Å². The van der Waals surface area contributed by atoms with Crippen LogP contribution in [-0.4, -0.2) is 68.4 Å². The Morgan fingerprint density at radius 2 is 0.757 bits per heavy atom. The minimum absolute atomic E-state index is 0.0903. The third-order valence-electron chi connectivity index (χ3n) is 24.5. The Bertz CT molecular complexity index is 8560. The van der Waals surface area contributed by atoms with E-state index in [-0.39, 0.29) is 11.6 Å². The molecule has 10 heterocycles. The van der Waals surface area contributed by atoms with Gasteiger partial charge in [-0.1, -0.05) is 337 Å². The first-order valence-electron chi connectivity index (χ1n) is 43.8. The number of benzene rings is 15. The highest BCUT2D eigenvalue weighted by atomic mass is 79.9. The van der Waals surface area contributed by atoms with Crippen LogP contribution >= 0.6 is 134 Å².